The van der Waals surface area contributed by atoms with Crippen molar-refractivity contribution in [2.75, 3.05) is 13.2 Å². The molecule has 0 aromatic rings. The number of aliphatic hydroxyl groups is 1. The lowest BCUT2D eigenvalue weighted by molar-refractivity contribution is -0.143. The number of nitrogens with two attached hydrogens (primary N) is 2. The Balaban J connectivity index is 4.92. The normalized spacial score (nSPS) is 15.9. The SMILES string of the molecule is CCC(C)C(N)C(=O)NC(CCCCN)C(=O)NC(CO)C(=O)O. The molecule has 0 radical (unpaired) electrons. The summed E-state index contributed by atoms with van der Waals surface area (Å²) in [5.41, 5.74) is 11.3. The Labute approximate surface area is 142 Å². The molecular formula is C15H30N4O5. The highest BCUT2D eigenvalue weighted by Crippen LogP contribution is 2.07. The van der Waals surface area contributed by atoms with E-state index in [-0.39, 0.29) is 5.92 Å². The molecule has 4 atom stereocenters. The molecule has 0 rings (SSSR count). The van der Waals surface area contributed by atoms with Gasteiger partial charge in [0.25, 0.3) is 0 Å². The molecule has 4 unspecified atom stereocenters. The summed E-state index contributed by atoms with van der Waals surface area (Å²) < 4.78 is 0. The van der Waals surface area contributed by atoms with E-state index >= 15 is 0 Å². The fraction of sp³-hybridized carbons (Fsp3) is 0.800. The molecule has 0 spiro atoms. The lowest BCUT2D eigenvalue weighted by Crippen LogP contribution is -2.56. The first kappa shape index (κ1) is 22.3. The Hall–Kier alpha value is -1.71. The zero-order chi connectivity index (χ0) is 18.7. The molecule has 0 aromatic heterocycles. The van der Waals surface area contributed by atoms with Gasteiger partial charge in [0.2, 0.25) is 11.8 Å². The van der Waals surface area contributed by atoms with Gasteiger partial charge in [0.05, 0.1) is 12.6 Å². The minimum atomic E-state index is -1.42. The van der Waals surface area contributed by atoms with Crippen LogP contribution in [0.3, 0.4) is 0 Å². The number of rotatable bonds is 12. The molecule has 0 aliphatic heterocycles. The van der Waals surface area contributed by atoms with Gasteiger partial charge in [-0.3, -0.25) is 9.59 Å². The fourth-order valence-electron chi connectivity index (χ4n) is 2.00. The Bertz CT molecular complexity index is 419. The summed E-state index contributed by atoms with van der Waals surface area (Å²) in [7, 11) is 0. The molecule has 140 valence electrons. The third kappa shape index (κ3) is 7.71. The van der Waals surface area contributed by atoms with Gasteiger partial charge in [-0.15, -0.1) is 0 Å². The van der Waals surface area contributed by atoms with E-state index in [9.17, 15) is 14.4 Å². The monoisotopic (exact) mass is 346 g/mol. The summed E-state index contributed by atoms with van der Waals surface area (Å²) in [5.74, 6) is -2.54. The van der Waals surface area contributed by atoms with E-state index < -0.39 is 42.5 Å². The van der Waals surface area contributed by atoms with Crippen molar-refractivity contribution in [1.82, 2.24) is 10.6 Å². The van der Waals surface area contributed by atoms with Gasteiger partial charge in [0, 0.05) is 0 Å². The van der Waals surface area contributed by atoms with E-state index in [0.29, 0.717) is 32.2 Å². The van der Waals surface area contributed by atoms with Gasteiger partial charge in [-0.2, -0.15) is 0 Å². The quantitative estimate of drug-likeness (QED) is 0.235. The van der Waals surface area contributed by atoms with Gasteiger partial charge >= 0.3 is 5.97 Å². The molecule has 9 heteroatoms. The van der Waals surface area contributed by atoms with E-state index in [2.05, 4.69) is 10.6 Å². The summed E-state index contributed by atoms with van der Waals surface area (Å²) in [6, 6.07) is -3.10. The number of carboxylic acid groups (broad SMARTS) is 1. The van der Waals surface area contributed by atoms with Crippen LogP contribution in [-0.2, 0) is 14.4 Å². The predicted molar refractivity (Wildman–Crippen MR) is 88.9 cm³/mol. The number of carbonyl (C=O) groups excluding carboxylic acids is 2. The topological polar surface area (TPSA) is 168 Å². The van der Waals surface area contributed by atoms with Gasteiger partial charge < -0.3 is 32.3 Å². The first-order valence-electron chi connectivity index (χ1n) is 8.18. The van der Waals surface area contributed by atoms with Crippen LogP contribution >= 0.6 is 0 Å². The molecule has 9 nitrogen and oxygen atoms in total. The zero-order valence-corrected chi connectivity index (χ0v) is 14.3. The molecule has 0 aliphatic carbocycles. The van der Waals surface area contributed by atoms with Crippen LogP contribution in [0.5, 0.6) is 0 Å². The van der Waals surface area contributed by atoms with Gasteiger partial charge in [-0.1, -0.05) is 20.3 Å². The van der Waals surface area contributed by atoms with Crippen molar-refractivity contribution in [3.8, 4) is 0 Å². The summed E-state index contributed by atoms with van der Waals surface area (Å²) in [4.78, 5) is 35.3. The molecule has 0 saturated heterocycles. The fourth-order valence-corrected chi connectivity index (χ4v) is 2.00. The number of aliphatic hydroxyl groups excluding tert-OH is 1. The van der Waals surface area contributed by atoms with Crippen LogP contribution in [0.25, 0.3) is 0 Å². The van der Waals surface area contributed by atoms with Crippen LogP contribution in [0.2, 0.25) is 0 Å². The van der Waals surface area contributed by atoms with Crippen LogP contribution < -0.4 is 22.1 Å². The number of aliphatic carboxylic acids is 1. The minimum Gasteiger partial charge on any atom is -0.480 e. The van der Waals surface area contributed by atoms with E-state index in [4.69, 9.17) is 21.7 Å². The minimum absolute atomic E-state index is 0.0537. The summed E-state index contributed by atoms with van der Waals surface area (Å²) in [6.45, 7) is 3.45. The summed E-state index contributed by atoms with van der Waals surface area (Å²) in [5, 5.41) is 22.7. The maximum absolute atomic E-state index is 12.2. The van der Waals surface area contributed by atoms with Crippen LogP contribution in [0.1, 0.15) is 39.5 Å². The molecule has 0 heterocycles. The van der Waals surface area contributed by atoms with E-state index in [1.807, 2.05) is 13.8 Å². The van der Waals surface area contributed by atoms with Crippen LogP contribution in [0.15, 0.2) is 0 Å². The van der Waals surface area contributed by atoms with Crippen LogP contribution in [0.4, 0.5) is 0 Å². The second-order valence-electron chi connectivity index (χ2n) is 5.84. The molecule has 24 heavy (non-hydrogen) atoms. The molecule has 0 fully saturated rings. The lowest BCUT2D eigenvalue weighted by atomic mass is 9.98. The number of carbonyl (C=O) groups is 3. The highest BCUT2D eigenvalue weighted by Gasteiger charge is 2.28. The van der Waals surface area contributed by atoms with Gasteiger partial charge in [-0.05, 0) is 31.7 Å². The predicted octanol–water partition coefficient (Wildman–Crippen LogP) is -1.46. The standard InChI is InChI=1S/C15H30N4O5/c1-3-9(2)12(17)14(22)18-10(6-4-5-7-16)13(21)19-11(8-20)15(23)24/h9-12,20H,3-8,16-17H2,1-2H3,(H,18,22)(H,19,21)(H,23,24). The maximum Gasteiger partial charge on any atom is 0.328 e. The first-order chi connectivity index (χ1) is 11.3. The molecule has 8 N–H and O–H groups in total. The number of carboxylic acids is 1. The van der Waals surface area contributed by atoms with Gasteiger partial charge in [0.15, 0.2) is 0 Å². The second kappa shape index (κ2) is 11.8. The highest BCUT2D eigenvalue weighted by atomic mass is 16.4. The Morgan fingerprint density at radius 2 is 1.67 bits per heavy atom. The second-order valence-corrected chi connectivity index (χ2v) is 5.84. The largest absolute Gasteiger partial charge is 0.480 e. The molecule has 0 saturated carbocycles. The van der Waals surface area contributed by atoms with Crippen molar-refractivity contribution in [2.45, 2.75) is 57.7 Å². The van der Waals surface area contributed by atoms with Crippen molar-refractivity contribution in [3.63, 3.8) is 0 Å². The average Bonchev–Trinajstić information content (AvgIpc) is 2.56. The Morgan fingerprint density at radius 1 is 1.08 bits per heavy atom. The number of nitrogens with one attached hydrogen (secondary N) is 2. The van der Waals surface area contributed by atoms with Crippen molar-refractivity contribution in [2.24, 2.45) is 17.4 Å². The lowest BCUT2D eigenvalue weighted by Gasteiger charge is -2.24. The zero-order valence-electron chi connectivity index (χ0n) is 14.3. The van der Waals surface area contributed by atoms with E-state index in [0.717, 1.165) is 0 Å². The van der Waals surface area contributed by atoms with Gasteiger partial charge in [0.1, 0.15) is 12.1 Å². The number of hydrogen-bond donors (Lipinski definition) is 6. The van der Waals surface area contributed by atoms with Crippen LogP contribution in [0, 0.1) is 5.92 Å². The van der Waals surface area contributed by atoms with Crippen molar-refractivity contribution >= 4 is 17.8 Å². The van der Waals surface area contributed by atoms with Gasteiger partial charge in [-0.25, -0.2) is 4.79 Å². The van der Waals surface area contributed by atoms with E-state index in [1.165, 1.54) is 0 Å². The Kier molecular flexibility index (Phi) is 10.9. The van der Waals surface area contributed by atoms with Crippen molar-refractivity contribution in [1.29, 1.82) is 0 Å². The summed E-state index contributed by atoms with van der Waals surface area (Å²) in [6.07, 6.45) is 2.27. The smallest absolute Gasteiger partial charge is 0.328 e. The first-order valence-corrected chi connectivity index (χ1v) is 8.18. The third-order valence-electron chi connectivity index (χ3n) is 3.94. The van der Waals surface area contributed by atoms with E-state index in [1.54, 1.807) is 0 Å². The van der Waals surface area contributed by atoms with Crippen molar-refractivity contribution < 1.29 is 24.6 Å². The average molecular weight is 346 g/mol. The van der Waals surface area contributed by atoms with Crippen LogP contribution in [-0.4, -0.2) is 59.3 Å². The molecule has 0 bridgehead atoms. The molecule has 0 aromatic carbocycles. The molecule has 2 amide bonds. The maximum atomic E-state index is 12.2. The molecular weight excluding hydrogens is 316 g/mol. The van der Waals surface area contributed by atoms with Crippen molar-refractivity contribution in [3.05, 3.63) is 0 Å². The highest BCUT2D eigenvalue weighted by molar-refractivity contribution is 5.91. The molecule has 0 aliphatic rings. The Morgan fingerprint density at radius 3 is 2.12 bits per heavy atom. The third-order valence-corrected chi connectivity index (χ3v) is 3.94. The number of amides is 2. The number of hydrogen-bond acceptors (Lipinski definition) is 6. The number of unbranched alkanes of at least 4 members (excludes halogenated alkanes) is 1. The summed E-state index contributed by atoms with van der Waals surface area (Å²) >= 11 is 0.